The third-order valence-corrected chi connectivity index (χ3v) is 16.7. The molecule has 0 aliphatic carbocycles. The zero-order valence-electron chi connectivity index (χ0n) is 30.8. The molecule has 0 saturated heterocycles. The van der Waals surface area contributed by atoms with E-state index in [0.29, 0.717) is 0 Å². The van der Waals surface area contributed by atoms with E-state index in [4.69, 9.17) is 41.1 Å². The number of hydrogen-bond donors (Lipinski definition) is 6. The van der Waals surface area contributed by atoms with Gasteiger partial charge >= 0.3 is 22.7 Å². The fraction of sp³-hybridized carbons (Fsp3) is 0.100. The Morgan fingerprint density at radius 1 is 0.328 bits per heavy atom. The molecule has 300 valence electrons. The fourth-order valence-corrected chi connectivity index (χ4v) is 14.3. The van der Waals surface area contributed by atoms with E-state index in [1.165, 1.54) is 146 Å². The average Bonchev–Trinajstić information content (AvgIpc) is 3.20. The van der Waals surface area contributed by atoms with Crippen LogP contribution in [-0.4, -0.2) is 42.2 Å². The van der Waals surface area contributed by atoms with Gasteiger partial charge in [-0.25, -0.2) is 4.74 Å². The highest BCUT2D eigenvalue weighted by Gasteiger charge is 2.48. The van der Waals surface area contributed by atoms with Crippen molar-refractivity contribution in [2.24, 2.45) is 14.0 Å². The molecule has 0 amide bonds. The summed E-state index contributed by atoms with van der Waals surface area (Å²) in [5, 5.41) is 61.1. The molecule has 6 N–H and O–H groups in total. The lowest BCUT2D eigenvalue weighted by Gasteiger charge is -2.37. The van der Waals surface area contributed by atoms with Gasteiger partial charge in [0.05, 0.1) is 0 Å². The van der Waals surface area contributed by atoms with E-state index < -0.39 is 34.2 Å². The second-order valence-electron chi connectivity index (χ2n) is 12.7. The Balaban J connectivity index is 1.58. The zero-order chi connectivity index (χ0) is 40.9. The Bertz CT molecular complexity index is 2370. The van der Waals surface area contributed by atoms with E-state index in [1.54, 1.807) is 13.8 Å². The van der Waals surface area contributed by atoms with Crippen molar-refractivity contribution in [1.29, 1.82) is 0 Å². The molecule has 7 rings (SSSR count). The van der Waals surface area contributed by atoms with Crippen LogP contribution in [0.15, 0.2) is 160 Å². The normalized spacial score (nSPS) is 17.7. The van der Waals surface area contributed by atoms with E-state index in [1.807, 2.05) is 0 Å². The van der Waals surface area contributed by atoms with Gasteiger partial charge in [-0.05, 0) is 159 Å². The first-order valence-electron chi connectivity index (χ1n) is 17.6. The molecule has 15 nitrogen and oxygen atoms in total. The minimum Gasteiger partial charge on any atom is -0.508 e. The number of hydrogen-bond acceptors (Lipinski definition) is 15. The van der Waals surface area contributed by atoms with Crippen LogP contribution in [0.2, 0.25) is 0 Å². The lowest BCUT2D eigenvalue weighted by molar-refractivity contribution is 0.428. The van der Waals surface area contributed by atoms with E-state index >= 15 is 0 Å². The topological polar surface area (TPSA) is 214 Å². The minimum absolute atomic E-state index is 0.0113. The summed E-state index contributed by atoms with van der Waals surface area (Å²) in [6, 6.07) is 35.4. The van der Waals surface area contributed by atoms with Crippen molar-refractivity contribution in [3.05, 3.63) is 146 Å². The first-order valence-corrected chi connectivity index (χ1v) is 22.4. The monoisotopic (exact) mass is 845 g/mol. The number of benzene rings is 6. The number of rotatable bonds is 12. The molecule has 18 heteroatoms. The SMILES string of the molecule is CC1N=P(Oc2ccc(O)cc2)(Oc2ccc(O)cc2)N=P(Oc2ccc(O)cc2)(Oc2ccc(O)cc2)C(C)N=P1(Oc1ccc(O)cc1)Oc1ccc(O)cc1. The van der Waals surface area contributed by atoms with Crippen molar-refractivity contribution in [2.75, 3.05) is 0 Å². The molecule has 0 saturated carbocycles. The molecule has 0 spiro atoms. The molecule has 0 fully saturated rings. The molecule has 0 radical (unpaired) electrons. The lowest BCUT2D eigenvalue weighted by atomic mass is 10.3. The lowest BCUT2D eigenvalue weighted by Crippen LogP contribution is -2.21. The van der Waals surface area contributed by atoms with Gasteiger partial charge in [0, 0.05) is 0 Å². The summed E-state index contributed by atoms with van der Waals surface area (Å²) in [6.45, 7) is 3.39. The third-order valence-electron chi connectivity index (χ3n) is 8.24. The number of phenolic OH excluding ortho intramolecular Hbond substituents is 6. The van der Waals surface area contributed by atoms with Gasteiger partial charge in [-0.1, -0.05) is 0 Å². The molecule has 1 aliphatic rings. The van der Waals surface area contributed by atoms with Gasteiger partial charge < -0.3 is 57.8 Å². The van der Waals surface area contributed by atoms with Crippen LogP contribution in [0.25, 0.3) is 0 Å². The first kappa shape index (κ1) is 39.8. The highest BCUT2D eigenvalue weighted by molar-refractivity contribution is 7.70. The predicted molar refractivity (Wildman–Crippen MR) is 219 cm³/mol. The van der Waals surface area contributed by atoms with Crippen molar-refractivity contribution in [2.45, 2.75) is 25.4 Å². The number of phenols is 6. The zero-order valence-corrected chi connectivity index (χ0v) is 33.5. The first-order chi connectivity index (χ1) is 27.8. The molecule has 58 heavy (non-hydrogen) atoms. The predicted octanol–water partition coefficient (Wildman–Crippen LogP) is 11.4. The Kier molecular flexibility index (Phi) is 11.4. The van der Waals surface area contributed by atoms with Gasteiger partial charge in [0.2, 0.25) is 0 Å². The largest absolute Gasteiger partial charge is 0.508 e. The third kappa shape index (κ3) is 9.41. The van der Waals surface area contributed by atoms with Crippen molar-refractivity contribution in [1.82, 2.24) is 0 Å². The molecule has 6 aromatic carbocycles. The van der Waals surface area contributed by atoms with Crippen molar-refractivity contribution >= 4 is 22.7 Å². The summed E-state index contributed by atoms with van der Waals surface area (Å²) in [5.74, 6) is -1.02. The Hall–Kier alpha value is -6.39. The fourth-order valence-electron chi connectivity index (χ4n) is 5.38. The number of aromatic hydroxyl groups is 6. The van der Waals surface area contributed by atoms with Gasteiger partial charge in [0.1, 0.15) is 69.0 Å². The summed E-state index contributed by atoms with van der Waals surface area (Å²) >= 11 is 0. The van der Waals surface area contributed by atoms with Crippen LogP contribution in [-0.2, 0) is 0 Å². The molecular weight excluding hydrogens is 807 g/mol. The summed E-state index contributed by atoms with van der Waals surface area (Å²) < 4.78 is 56.5. The standard InChI is InChI=1S/C40H38N3O12P3/c1-27-41-56(50-35-15-3-29(44)4-16-35,51-36-17-5-30(45)6-18-36)28(2)42-58(54-39-23-11-33(48)12-24-39,55-40-25-13-34(49)14-26-40)43-57(27,52-37-19-7-31(46)8-20-37)53-38-21-9-32(47)10-22-38/h3-28,44-49H,1-2H3. The Labute approximate surface area is 333 Å². The van der Waals surface area contributed by atoms with E-state index in [9.17, 15) is 30.6 Å². The number of nitrogens with zero attached hydrogens (tertiary/aromatic N) is 3. The van der Waals surface area contributed by atoms with Gasteiger partial charge in [0.15, 0.2) is 11.6 Å². The maximum atomic E-state index is 10.2. The molecule has 0 aromatic heterocycles. The molecule has 6 aromatic rings. The van der Waals surface area contributed by atoms with Gasteiger partial charge in [-0.15, -0.1) is 4.52 Å². The molecular formula is C40H38N3O12P3. The Morgan fingerprint density at radius 3 is 0.828 bits per heavy atom. The second-order valence-corrected chi connectivity index (χ2v) is 19.7. The molecule has 1 heterocycles. The van der Waals surface area contributed by atoms with Crippen LogP contribution in [0.4, 0.5) is 0 Å². The van der Waals surface area contributed by atoms with Crippen LogP contribution in [0.5, 0.6) is 69.0 Å². The summed E-state index contributed by atoms with van der Waals surface area (Å²) in [4.78, 5) is 0. The average molecular weight is 846 g/mol. The van der Waals surface area contributed by atoms with Gasteiger partial charge in [0.25, 0.3) is 0 Å². The summed E-state index contributed by atoms with van der Waals surface area (Å²) in [7, 11) is -12.2. The van der Waals surface area contributed by atoms with Crippen LogP contribution >= 0.6 is 22.7 Å². The quantitative estimate of drug-likeness (QED) is 0.0635. The van der Waals surface area contributed by atoms with Crippen molar-refractivity contribution in [3.8, 4) is 69.0 Å². The van der Waals surface area contributed by atoms with E-state index in [2.05, 4.69) is 0 Å². The smallest absolute Gasteiger partial charge is 0.449 e. The molecule has 0 bridgehead atoms. The Morgan fingerprint density at radius 2 is 0.552 bits per heavy atom. The minimum atomic E-state index is -4.23. The van der Waals surface area contributed by atoms with Gasteiger partial charge in [-0.3, -0.25) is 0 Å². The van der Waals surface area contributed by atoms with Crippen molar-refractivity contribution < 1.29 is 57.8 Å². The van der Waals surface area contributed by atoms with Crippen LogP contribution in [0, 0.1) is 0 Å². The van der Waals surface area contributed by atoms with Gasteiger partial charge in [-0.2, -0.15) is 4.74 Å². The van der Waals surface area contributed by atoms with E-state index in [0.717, 1.165) is 0 Å². The maximum absolute atomic E-state index is 10.2. The van der Waals surface area contributed by atoms with Crippen LogP contribution in [0.1, 0.15) is 13.8 Å². The van der Waals surface area contributed by atoms with Crippen molar-refractivity contribution in [3.63, 3.8) is 0 Å². The molecule has 2 atom stereocenters. The molecule has 1 aliphatic heterocycles. The molecule has 2 unspecified atom stereocenters. The maximum Gasteiger partial charge on any atom is 0.449 e. The second kappa shape index (κ2) is 16.6. The highest BCUT2D eigenvalue weighted by Crippen LogP contribution is 2.73. The van der Waals surface area contributed by atoms with Crippen LogP contribution in [0.3, 0.4) is 0 Å². The highest BCUT2D eigenvalue weighted by atomic mass is 31.2. The summed E-state index contributed by atoms with van der Waals surface area (Å²) in [5.41, 5.74) is 0. The van der Waals surface area contributed by atoms with Crippen LogP contribution < -0.4 is 27.1 Å². The summed E-state index contributed by atoms with van der Waals surface area (Å²) in [6.07, 6.45) is 0. The van der Waals surface area contributed by atoms with E-state index in [-0.39, 0.29) is 69.0 Å².